The number of piperidine rings is 2. The molecular weight excluding hydrogens is 447 g/mol. The molecule has 0 saturated carbocycles. The Morgan fingerprint density at radius 3 is 2.60 bits per heavy atom. The van der Waals surface area contributed by atoms with E-state index in [4.69, 9.17) is 0 Å². The van der Waals surface area contributed by atoms with Gasteiger partial charge in [-0.2, -0.15) is 0 Å². The summed E-state index contributed by atoms with van der Waals surface area (Å²) in [6.07, 6.45) is 4.36. The topological polar surface area (TPSA) is 40.6 Å². The van der Waals surface area contributed by atoms with Crippen LogP contribution in [-0.2, 0) is 9.59 Å². The fraction of sp³-hybridized carbons (Fsp3) is 0.600. The van der Waals surface area contributed by atoms with E-state index in [0.29, 0.717) is 25.1 Å². The van der Waals surface area contributed by atoms with Gasteiger partial charge in [0, 0.05) is 0 Å². The Hall–Kier alpha value is -0.498. The third-order valence-electron chi connectivity index (χ3n) is 3.97. The van der Waals surface area contributed by atoms with Gasteiger partial charge in [-0.05, 0) is 0 Å². The molecule has 0 bridgehead atoms. The van der Waals surface area contributed by atoms with E-state index in [2.05, 4.69) is 11.5 Å². The molecule has 2 heterocycles. The molecule has 5 heteroatoms. The molecule has 0 aromatic rings. The molecule has 3 radical (unpaired) electrons. The number of carbonyl (C=O) groups is 2. The summed E-state index contributed by atoms with van der Waals surface area (Å²) < 4.78 is 1.93. The number of nitrogens with zero attached hydrogens (tertiary/aromatic N) is 2. The Morgan fingerprint density at radius 2 is 1.95 bits per heavy atom. The molecule has 2 saturated heterocycles. The summed E-state index contributed by atoms with van der Waals surface area (Å²) in [5.74, 6) is 0.185. The molecule has 0 atom stereocenters. The number of likely N-dealkylation sites (tertiary alicyclic amines) is 2. The molecule has 0 unspecified atom stereocenters. The molecule has 2 rings (SSSR count). The van der Waals surface area contributed by atoms with Gasteiger partial charge in [-0.3, -0.25) is 0 Å². The zero-order valence-corrected chi connectivity index (χ0v) is 15.7. The number of ketones is 1. The van der Waals surface area contributed by atoms with Crippen molar-refractivity contribution in [2.24, 2.45) is 0 Å². The number of hydrogen-bond acceptors (Lipinski definition) is 3. The average molecular weight is 469 g/mol. The molecule has 0 aromatic carbocycles. The second kappa shape index (κ2) is 7.49. The van der Waals surface area contributed by atoms with E-state index in [1.54, 1.807) is 4.90 Å². The fourth-order valence-corrected chi connectivity index (χ4v) is 3.61. The third-order valence-corrected chi connectivity index (χ3v) is 5.33. The second-order valence-electron chi connectivity index (χ2n) is 5.50. The van der Waals surface area contributed by atoms with Gasteiger partial charge in [-0.15, -0.1) is 0 Å². The van der Waals surface area contributed by atoms with Crippen molar-refractivity contribution >= 4 is 37.5 Å². The Balaban J connectivity index is 1.85. The van der Waals surface area contributed by atoms with Crippen molar-refractivity contribution in [3.8, 4) is 0 Å². The Morgan fingerprint density at radius 1 is 1.25 bits per heavy atom. The maximum atomic E-state index is 12.3. The van der Waals surface area contributed by atoms with Crippen molar-refractivity contribution in [1.29, 1.82) is 0 Å². The summed E-state index contributed by atoms with van der Waals surface area (Å²) in [5, 5.41) is 0. The first-order valence-electron chi connectivity index (χ1n) is 7.20. The van der Waals surface area contributed by atoms with Gasteiger partial charge < -0.3 is 0 Å². The molecule has 0 aromatic heterocycles. The summed E-state index contributed by atoms with van der Waals surface area (Å²) in [5.41, 5.74) is 1.30. The van der Waals surface area contributed by atoms with Gasteiger partial charge in [0.2, 0.25) is 0 Å². The predicted molar refractivity (Wildman–Crippen MR) is 79.5 cm³/mol. The van der Waals surface area contributed by atoms with E-state index in [0.717, 1.165) is 51.0 Å². The number of amides is 1. The Bertz CT molecular complexity index is 439. The fourth-order valence-electron chi connectivity index (χ4n) is 2.75. The monoisotopic (exact) mass is 469 g/mol. The van der Waals surface area contributed by atoms with Gasteiger partial charge in [0.15, 0.2) is 0 Å². The van der Waals surface area contributed by atoms with Crippen molar-refractivity contribution < 1.29 is 9.59 Å². The van der Waals surface area contributed by atoms with Crippen molar-refractivity contribution in [2.75, 3.05) is 32.7 Å². The molecule has 0 N–H and O–H groups in total. The van der Waals surface area contributed by atoms with Crippen molar-refractivity contribution in [3.05, 3.63) is 21.4 Å². The van der Waals surface area contributed by atoms with Crippen molar-refractivity contribution in [1.82, 2.24) is 9.80 Å². The van der Waals surface area contributed by atoms with Crippen LogP contribution in [0, 0.1) is 0 Å². The molecule has 1 amide bonds. The van der Waals surface area contributed by atoms with Gasteiger partial charge in [0.05, 0.1) is 0 Å². The van der Waals surface area contributed by atoms with Crippen LogP contribution in [-0.4, -0.2) is 80.0 Å². The van der Waals surface area contributed by atoms with Gasteiger partial charge in [-0.1, -0.05) is 0 Å². The zero-order chi connectivity index (χ0) is 14.5. The first kappa shape index (κ1) is 15.9. The minimum atomic E-state index is 0.0417. The first-order chi connectivity index (χ1) is 9.61. The van der Waals surface area contributed by atoms with Crippen molar-refractivity contribution in [3.63, 3.8) is 0 Å². The van der Waals surface area contributed by atoms with Crippen LogP contribution >= 0.6 is 0 Å². The van der Waals surface area contributed by atoms with Crippen molar-refractivity contribution in [2.45, 2.75) is 25.7 Å². The Kier molecular flexibility index (Phi) is 5.95. The quantitative estimate of drug-likeness (QED) is 0.456. The summed E-state index contributed by atoms with van der Waals surface area (Å²) in [6, 6.07) is 0. The van der Waals surface area contributed by atoms with Gasteiger partial charge in [0.25, 0.3) is 0 Å². The van der Waals surface area contributed by atoms with E-state index < -0.39 is 0 Å². The number of carbonyl (C=O) groups excluding carboxylic acids is 2. The molecule has 2 fully saturated rings. The van der Waals surface area contributed by atoms with E-state index >= 15 is 0 Å². The summed E-state index contributed by atoms with van der Waals surface area (Å²) in [7, 11) is 0. The average Bonchev–Trinajstić information content (AvgIpc) is 2.48. The Labute approximate surface area is 136 Å². The van der Waals surface area contributed by atoms with Crippen LogP contribution in [0.1, 0.15) is 25.7 Å². The summed E-state index contributed by atoms with van der Waals surface area (Å²) in [4.78, 5) is 28.3. The van der Waals surface area contributed by atoms with Crippen LogP contribution in [0.2, 0.25) is 0 Å². The molecule has 107 valence electrons. The summed E-state index contributed by atoms with van der Waals surface area (Å²) >= 11 is 0.835. The molecule has 2 aliphatic rings. The van der Waals surface area contributed by atoms with E-state index in [9.17, 15) is 9.59 Å². The maximum absolute atomic E-state index is 12.3. The van der Waals surface area contributed by atoms with Crippen LogP contribution in [0.3, 0.4) is 0 Å². The van der Waals surface area contributed by atoms with E-state index in [1.807, 2.05) is 3.64 Å². The van der Waals surface area contributed by atoms with Crippen LogP contribution in [0.25, 0.3) is 0 Å². The molecule has 20 heavy (non-hydrogen) atoms. The zero-order valence-electron chi connectivity index (χ0n) is 11.9. The minimum absolute atomic E-state index is 0.0417. The number of rotatable bonds is 3. The third kappa shape index (κ3) is 4.00. The SMILES string of the molecule is C=C1CN(C(=O)CCN2CCCCC2)C/C(=[CH]\[Pb])C1=O. The normalized spacial score (nSPS) is 23.4. The number of Topliss-reactive ketones (excluding diaryl/α,β-unsaturated/α-hetero) is 1. The van der Waals surface area contributed by atoms with E-state index in [-0.39, 0.29) is 11.7 Å². The molecule has 4 nitrogen and oxygen atoms in total. The van der Waals surface area contributed by atoms with Crippen LogP contribution in [0.15, 0.2) is 21.4 Å². The van der Waals surface area contributed by atoms with Gasteiger partial charge in [-0.25, -0.2) is 0 Å². The molecule has 2 aliphatic heterocycles. The van der Waals surface area contributed by atoms with Crippen LogP contribution in [0.5, 0.6) is 0 Å². The van der Waals surface area contributed by atoms with Gasteiger partial charge in [0.1, 0.15) is 0 Å². The first-order valence-corrected chi connectivity index (χ1v) is 9.45. The van der Waals surface area contributed by atoms with Crippen LogP contribution in [0.4, 0.5) is 0 Å². The van der Waals surface area contributed by atoms with E-state index in [1.165, 1.54) is 19.3 Å². The predicted octanol–water partition coefficient (Wildman–Crippen LogP) is 0.882. The summed E-state index contributed by atoms with van der Waals surface area (Å²) in [6.45, 7) is 7.74. The van der Waals surface area contributed by atoms with Gasteiger partial charge >= 0.3 is 137 Å². The molecular formula is C15H21N2O2Pb. The molecule has 0 aliphatic carbocycles. The second-order valence-corrected chi connectivity index (χ2v) is 6.63. The number of hydrogen-bond donors (Lipinski definition) is 0. The molecule has 0 spiro atoms. The van der Waals surface area contributed by atoms with Crippen LogP contribution < -0.4 is 0 Å². The standard InChI is InChI=1S/C15H21N2O2.Pb/c1-12-10-17(11-13(2)15(12)19)14(18)6-9-16-7-4-3-5-8-16;/h1H,2-11H2;.